The highest BCUT2D eigenvalue weighted by Crippen LogP contribution is 2.21. The largest absolute Gasteiger partial charge is 0.351 e. The third kappa shape index (κ3) is 6.31. The molecule has 5 nitrogen and oxygen atoms in total. The van der Waals surface area contributed by atoms with Crippen LogP contribution in [0.3, 0.4) is 0 Å². The van der Waals surface area contributed by atoms with Crippen LogP contribution in [0.4, 0.5) is 0 Å². The molecule has 0 aromatic heterocycles. The van der Waals surface area contributed by atoms with Crippen LogP contribution < -0.4 is 5.32 Å². The molecule has 0 aliphatic rings. The number of sulfonamides is 1. The summed E-state index contributed by atoms with van der Waals surface area (Å²) in [6.45, 7) is 1.75. The van der Waals surface area contributed by atoms with E-state index < -0.39 is 15.9 Å². The number of rotatable bonds is 8. The van der Waals surface area contributed by atoms with Crippen LogP contribution >= 0.6 is 23.2 Å². The number of nitrogens with zero attached hydrogens (tertiary/aromatic N) is 1. The highest BCUT2D eigenvalue weighted by atomic mass is 35.5. The van der Waals surface area contributed by atoms with E-state index in [1.54, 1.807) is 54.6 Å². The standard InChI is InChI=1S/C23H22Cl2N2O3S/c1-17-9-11-21(12-10-17)31(29,30)27(15-18-5-4-7-20(24)13-18)16-23(28)26-14-19-6-2-3-8-22(19)25/h2-13H,14-16H2,1H3,(H,26,28). The van der Waals surface area contributed by atoms with E-state index in [1.807, 2.05) is 13.0 Å². The van der Waals surface area contributed by atoms with Crippen LogP contribution in [0, 0.1) is 6.92 Å². The van der Waals surface area contributed by atoms with Crippen LogP contribution in [0.1, 0.15) is 16.7 Å². The van der Waals surface area contributed by atoms with Crippen molar-refractivity contribution in [1.82, 2.24) is 9.62 Å². The van der Waals surface area contributed by atoms with Gasteiger partial charge >= 0.3 is 0 Å². The number of nitrogens with one attached hydrogen (secondary N) is 1. The Morgan fingerprint density at radius 2 is 1.68 bits per heavy atom. The van der Waals surface area contributed by atoms with Crippen molar-refractivity contribution in [3.05, 3.63) is 99.5 Å². The molecule has 0 aliphatic heterocycles. The quantitative estimate of drug-likeness (QED) is 0.507. The van der Waals surface area contributed by atoms with Gasteiger partial charge in [-0.25, -0.2) is 8.42 Å². The number of halogens is 2. The van der Waals surface area contributed by atoms with Crippen LogP contribution in [0.25, 0.3) is 0 Å². The normalized spacial score (nSPS) is 11.5. The summed E-state index contributed by atoms with van der Waals surface area (Å²) in [6, 6.07) is 20.6. The van der Waals surface area contributed by atoms with Crippen molar-refractivity contribution in [1.29, 1.82) is 0 Å². The van der Waals surface area contributed by atoms with Crippen molar-refractivity contribution in [3.63, 3.8) is 0 Å². The van der Waals surface area contributed by atoms with Gasteiger partial charge in [-0.05, 0) is 48.4 Å². The molecule has 1 amide bonds. The van der Waals surface area contributed by atoms with E-state index in [2.05, 4.69) is 5.32 Å². The number of hydrogen-bond donors (Lipinski definition) is 1. The first kappa shape index (κ1) is 23.3. The van der Waals surface area contributed by atoms with Gasteiger partial charge in [0.05, 0.1) is 11.4 Å². The van der Waals surface area contributed by atoms with E-state index in [1.165, 1.54) is 12.1 Å². The number of hydrogen-bond acceptors (Lipinski definition) is 3. The zero-order chi connectivity index (χ0) is 22.4. The maximum atomic E-state index is 13.3. The Labute approximate surface area is 192 Å². The average molecular weight is 477 g/mol. The zero-order valence-electron chi connectivity index (χ0n) is 16.9. The van der Waals surface area contributed by atoms with Crippen molar-refractivity contribution in [2.75, 3.05) is 6.54 Å². The van der Waals surface area contributed by atoms with E-state index in [9.17, 15) is 13.2 Å². The second-order valence-electron chi connectivity index (χ2n) is 7.08. The van der Waals surface area contributed by atoms with E-state index in [4.69, 9.17) is 23.2 Å². The molecule has 0 saturated heterocycles. The predicted molar refractivity (Wildman–Crippen MR) is 124 cm³/mol. The minimum Gasteiger partial charge on any atom is -0.351 e. The number of carbonyl (C=O) groups is 1. The maximum absolute atomic E-state index is 13.3. The molecular formula is C23H22Cl2N2O3S. The molecule has 0 atom stereocenters. The lowest BCUT2D eigenvalue weighted by Crippen LogP contribution is -2.40. The molecule has 0 bridgehead atoms. The molecule has 0 fully saturated rings. The van der Waals surface area contributed by atoms with Crippen molar-refractivity contribution in [3.8, 4) is 0 Å². The Hall–Kier alpha value is -2.38. The van der Waals surface area contributed by atoms with Gasteiger partial charge in [-0.3, -0.25) is 4.79 Å². The fraction of sp³-hybridized carbons (Fsp3) is 0.174. The summed E-state index contributed by atoms with van der Waals surface area (Å²) >= 11 is 12.2. The molecule has 3 aromatic carbocycles. The second kappa shape index (κ2) is 10.3. The van der Waals surface area contributed by atoms with Gasteiger partial charge in [-0.2, -0.15) is 4.31 Å². The van der Waals surface area contributed by atoms with Crippen LogP contribution in [-0.2, 0) is 27.9 Å². The van der Waals surface area contributed by atoms with Gasteiger partial charge in [0.2, 0.25) is 15.9 Å². The smallest absolute Gasteiger partial charge is 0.243 e. The molecule has 0 unspecified atom stereocenters. The highest BCUT2D eigenvalue weighted by molar-refractivity contribution is 7.89. The topological polar surface area (TPSA) is 66.5 Å². The molecule has 8 heteroatoms. The second-order valence-corrected chi connectivity index (χ2v) is 9.87. The summed E-state index contributed by atoms with van der Waals surface area (Å²) < 4.78 is 27.7. The molecule has 3 rings (SSSR count). The molecule has 31 heavy (non-hydrogen) atoms. The van der Waals surface area contributed by atoms with Crippen LogP contribution in [0.2, 0.25) is 10.0 Å². The Bertz CT molecular complexity index is 1170. The predicted octanol–water partition coefficient (Wildman–Crippen LogP) is 4.81. The van der Waals surface area contributed by atoms with Crippen LogP contribution in [0.5, 0.6) is 0 Å². The first-order valence-corrected chi connectivity index (χ1v) is 11.8. The van der Waals surface area contributed by atoms with E-state index >= 15 is 0 Å². The molecule has 0 saturated carbocycles. The minimum absolute atomic E-state index is 0.0102. The highest BCUT2D eigenvalue weighted by Gasteiger charge is 2.27. The monoisotopic (exact) mass is 476 g/mol. The summed E-state index contributed by atoms with van der Waals surface area (Å²) in [6.07, 6.45) is 0. The van der Waals surface area contributed by atoms with Gasteiger partial charge in [-0.15, -0.1) is 0 Å². The van der Waals surface area contributed by atoms with Crippen molar-refractivity contribution >= 4 is 39.1 Å². The SMILES string of the molecule is Cc1ccc(S(=O)(=O)N(CC(=O)NCc2ccccc2Cl)Cc2cccc(Cl)c2)cc1. The summed E-state index contributed by atoms with van der Waals surface area (Å²) in [4.78, 5) is 12.8. The molecule has 0 spiro atoms. The molecule has 0 radical (unpaired) electrons. The minimum atomic E-state index is -3.91. The molecule has 1 N–H and O–H groups in total. The van der Waals surface area contributed by atoms with Gasteiger partial charge in [0.1, 0.15) is 0 Å². The number of aryl methyl sites for hydroxylation is 1. The molecule has 162 valence electrons. The van der Waals surface area contributed by atoms with Gasteiger partial charge in [-0.1, -0.05) is 71.2 Å². The molecule has 0 aliphatic carbocycles. The first-order valence-electron chi connectivity index (χ1n) is 9.57. The fourth-order valence-electron chi connectivity index (χ4n) is 2.98. The summed E-state index contributed by atoms with van der Waals surface area (Å²) in [5.74, 6) is -0.433. The Balaban J connectivity index is 1.82. The maximum Gasteiger partial charge on any atom is 0.243 e. The summed E-state index contributed by atoms with van der Waals surface area (Å²) in [5, 5.41) is 3.77. The van der Waals surface area contributed by atoms with Gasteiger partial charge in [0, 0.05) is 23.1 Å². The lowest BCUT2D eigenvalue weighted by molar-refractivity contribution is -0.121. The number of carbonyl (C=O) groups excluding carboxylic acids is 1. The summed E-state index contributed by atoms with van der Waals surface area (Å²) in [5.41, 5.74) is 2.38. The van der Waals surface area contributed by atoms with E-state index in [0.717, 1.165) is 15.4 Å². The lowest BCUT2D eigenvalue weighted by atomic mass is 10.2. The van der Waals surface area contributed by atoms with Gasteiger partial charge < -0.3 is 5.32 Å². The van der Waals surface area contributed by atoms with E-state index in [-0.39, 0.29) is 24.5 Å². The Morgan fingerprint density at radius 3 is 2.35 bits per heavy atom. The number of amides is 1. The number of benzene rings is 3. The molecular weight excluding hydrogens is 455 g/mol. The Morgan fingerprint density at radius 1 is 0.968 bits per heavy atom. The fourth-order valence-corrected chi connectivity index (χ4v) is 4.78. The van der Waals surface area contributed by atoms with E-state index in [0.29, 0.717) is 15.6 Å². The van der Waals surface area contributed by atoms with Gasteiger partial charge in [0.15, 0.2) is 0 Å². The lowest BCUT2D eigenvalue weighted by Gasteiger charge is -2.22. The third-order valence-electron chi connectivity index (χ3n) is 4.66. The molecule has 0 heterocycles. The molecule has 3 aromatic rings. The zero-order valence-corrected chi connectivity index (χ0v) is 19.2. The van der Waals surface area contributed by atoms with Crippen LogP contribution in [0.15, 0.2) is 77.7 Å². The summed E-state index contributed by atoms with van der Waals surface area (Å²) in [7, 11) is -3.91. The average Bonchev–Trinajstić information content (AvgIpc) is 2.73. The van der Waals surface area contributed by atoms with Crippen molar-refractivity contribution < 1.29 is 13.2 Å². The van der Waals surface area contributed by atoms with Gasteiger partial charge in [0.25, 0.3) is 0 Å². The first-order chi connectivity index (χ1) is 14.8. The van der Waals surface area contributed by atoms with Crippen molar-refractivity contribution in [2.45, 2.75) is 24.9 Å². The van der Waals surface area contributed by atoms with Crippen molar-refractivity contribution in [2.24, 2.45) is 0 Å². The van der Waals surface area contributed by atoms with Crippen LogP contribution in [-0.4, -0.2) is 25.2 Å². The third-order valence-corrected chi connectivity index (χ3v) is 7.07. The Kier molecular flexibility index (Phi) is 7.73.